The predicted molar refractivity (Wildman–Crippen MR) is 110 cm³/mol. The zero-order valence-electron chi connectivity index (χ0n) is 16.3. The Labute approximate surface area is 171 Å². The standard InChI is InChI=1S/C20H28ClN3O.CH2O2/c21-18-9-2-1-8-17(18)20(10-11-20)22-19(25)24-14-4-3-7-16(24)15-23-12-5-6-13-23;2-1-3/h1-2,8-9,16H,3-7,10-15H2,(H,22,25);1H,(H,2,3). The molecule has 2 N–H and O–H groups in total. The van der Waals surface area contributed by atoms with Crippen LogP contribution in [0.2, 0.25) is 5.02 Å². The third kappa shape index (κ3) is 4.97. The van der Waals surface area contributed by atoms with E-state index in [1.807, 2.05) is 24.3 Å². The van der Waals surface area contributed by atoms with E-state index in [0.29, 0.717) is 6.04 Å². The van der Waals surface area contributed by atoms with Crippen molar-refractivity contribution in [3.05, 3.63) is 34.9 Å². The molecule has 7 heteroatoms. The molecule has 1 atom stereocenters. The van der Waals surface area contributed by atoms with Crippen molar-refractivity contribution in [1.82, 2.24) is 15.1 Å². The summed E-state index contributed by atoms with van der Waals surface area (Å²) in [4.78, 5) is 26.1. The molecule has 0 radical (unpaired) electrons. The number of likely N-dealkylation sites (tertiary alicyclic amines) is 2. The summed E-state index contributed by atoms with van der Waals surface area (Å²) in [5, 5.41) is 11.0. The van der Waals surface area contributed by atoms with Gasteiger partial charge in [-0.1, -0.05) is 29.8 Å². The molecule has 154 valence electrons. The molecule has 1 aliphatic carbocycles. The van der Waals surface area contributed by atoms with Crippen LogP contribution in [0.5, 0.6) is 0 Å². The molecule has 2 aliphatic heterocycles. The van der Waals surface area contributed by atoms with E-state index < -0.39 is 0 Å². The van der Waals surface area contributed by atoms with E-state index in [4.69, 9.17) is 21.5 Å². The largest absolute Gasteiger partial charge is 0.483 e. The van der Waals surface area contributed by atoms with Crippen LogP contribution in [0.25, 0.3) is 0 Å². The highest BCUT2D eigenvalue weighted by Crippen LogP contribution is 2.48. The summed E-state index contributed by atoms with van der Waals surface area (Å²) >= 11 is 6.39. The minimum atomic E-state index is -0.250. The molecule has 3 aliphatic rings. The molecular formula is C21H30ClN3O3. The van der Waals surface area contributed by atoms with Crippen LogP contribution >= 0.6 is 11.6 Å². The number of rotatable bonds is 4. The smallest absolute Gasteiger partial charge is 0.318 e. The normalized spacial score (nSPS) is 23.5. The van der Waals surface area contributed by atoms with E-state index >= 15 is 0 Å². The Balaban J connectivity index is 0.000000706. The number of halogens is 1. The number of benzene rings is 1. The van der Waals surface area contributed by atoms with Crippen LogP contribution in [-0.2, 0) is 10.3 Å². The monoisotopic (exact) mass is 407 g/mol. The van der Waals surface area contributed by atoms with Crippen LogP contribution < -0.4 is 5.32 Å². The Morgan fingerprint density at radius 3 is 2.46 bits per heavy atom. The van der Waals surface area contributed by atoms with Gasteiger partial charge < -0.3 is 20.2 Å². The third-order valence-electron chi connectivity index (χ3n) is 6.04. The Hall–Kier alpha value is -1.79. The van der Waals surface area contributed by atoms with Gasteiger partial charge in [0.2, 0.25) is 0 Å². The van der Waals surface area contributed by atoms with Crippen molar-refractivity contribution >= 4 is 24.1 Å². The number of nitrogens with one attached hydrogen (secondary N) is 1. The number of carbonyl (C=O) groups is 2. The molecule has 2 heterocycles. The molecule has 2 saturated heterocycles. The molecule has 0 aromatic heterocycles. The molecule has 1 aromatic rings. The summed E-state index contributed by atoms with van der Waals surface area (Å²) in [5.74, 6) is 0. The van der Waals surface area contributed by atoms with Crippen LogP contribution in [0.1, 0.15) is 50.5 Å². The van der Waals surface area contributed by atoms with Crippen molar-refractivity contribution in [2.45, 2.75) is 56.5 Å². The fourth-order valence-corrected chi connectivity index (χ4v) is 4.75. The number of carbonyl (C=O) groups excluding carboxylic acids is 1. The van der Waals surface area contributed by atoms with Crippen LogP contribution in [-0.4, -0.2) is 59.6 Å². The van der Waals surface area contributed by atoms with Crippen molar-refractivity contribution in [1.29, 1.82) is 0 Å². The molecule has 0 spiro atoms. The molecule has 2 amide bonds. The van der Waals surface area contributed by atoms with E-state index in [0.717, 1.165) is 49.4 Å². The minimum absolute atomic E-state index is 0.0984. The van der Waals surface area contributed by atoms with Gasteiger partial charge in [0.1, 0.15) is 0 Å². The second kappa shape index (κ2) is 9.61. The van der Waals surface area contributed by atoms with Crippen molar-refractivity contribution < 1.29 is 14.7 Å². The van der Waals surface area contributed by atoms with Gasteiger partial charge in [-0.15, -0.1) is 0 Å². The van der Waals surface area contributed by atoms with E-state index in [9.17, 15) is 4.79 Å². The quantitative estimate of drug-likeness (QED) is 0.746. The number of urea groups is 1. The lowest BCUT2D eigenvalue weighted by molar-refractivity contribution is -0.122. The first-order chi connectivity index (χ1) is 13.6. The lowest BCUT2D eigenvalue weighted by Crippen LogP contribution is -2.54. The van der Waals surface area contributed by atoms with E-state index in [1.54, 1.807) is 0 Å². The number of nitrogens with zero attached hydrogens (tertiary/aromatic N) is 2. The first-order valence-corrected chi connectivity index (χ1v) is 10.6. The summed E-state index contributed by atoms with van der Waals surface area (Å²) in [7, 11) is 0. The van der Waals surface area contributed by atoms with Gasteiger partial charge in [0.15, 0.2) is 0 Å². The van der Waals surface area contributed by atoms with Gasteiger partial charge in [0.05, 0.1) is 5.54 Å². The number of hydrogen-bond donors (Lipinski definition) is 2. The van der Waals surface area contributed by atoms with Gasteiger partial charge in [-0.25, -0.2) is 4.79 Å². The summed E-state index contributed by atoms with van der Waals surface area (Å²) in [6.07, 6.45) is 8.03. The summed E-state index contributed by atoms with van der Waals surface area (Å²) in [6, 6.07) is 8.37. The molecule has 4 rings (SSSR count). The minimum Gasteiger partial charge on any atom is -0.483 e. The average molecular weight is 408 g/mol. The Morgan fingerprint density at radius 1 is 1.18 bits per heavy atom. The zero-order chi connectivity index (χ0) is 20.0. The second-order valence-corrected chi connectivity index (χ2v) is 8.36. The second-order valence-electron chi connectivity index (χ2n) is 7.95. The first-order valence-electron chi connectivity index (χ1n) is 10.2. The molecule has 3 fully saturated rings. The van der Waals surface area contributed by atoms with Gasteiger partial charge in [-0.05, 0) is 69.7 Å². The lowest BCUT2D eigenvalue weighted by Gasteiger charge is -2.38. The SMILES string of the molecule is O=C(NC1(c2ccccc2Cl)CC1)N1CCCCC1CN1CCCC1.O=CO. The van der Waals surface area contributed by atoms with Gasteiger partial charge >= 0.3 is 6.03 Å². The summed E-state index contributed by atoms with van der Waals surface area (Å²) in [6.45, 7) is 4.04. The number of amides is 2. The molecule has 28 heavy (non-hydrogen) atoms. The summed E-state index contributed by atoms with van der Waals surface area (Å²) in [5.41, 5.74) is 0.823. The van der Waals surface area contributed by atoms with Crippen molar-refractivity contribution in [3.63, 3.8) is 0 Å². The lowest BCUT2D eigenvalue weighted by atomic mass is 10.0. The fraction of sp³-hybridized carbons (Fsp3) is 0.619. The molecular weight excluding hydrogens is 378 g/mol. The van der Waals surface area contributed by atoms with E-state index in [2.05, 4.69) is 15.1 Å². The van der Waals surface area contributed by atoms with Crippen LogP contribution in [0.3, 0.4) is 0 Å². The maximum Gasteiger partial charge on any atom is 0.318 e. The van der Waals surface area contributed by atoms with Crippen molar-refractivity contribution in [2.75, 3.05) is 26.2 Å². The number of carboxylic acid groups (broad SMARTS) is 1. The maximum absolute atomic E-state index is 13.1. The third-order valence-corrected chi connectivity index (χ3v) is 6.37. The Bertz CT molecular complexity index is 675. The van der Waals surface area contributed by atoms with Crippen LogP contribution in [0.4, 0.5) is 4.79 Å². The number of hydrogen-bond acceptors (Lipinski definition) is 3. The van der Waals surface area contributed by atoms with Crippen LogP contribution in [0.15, 0.2) is 24.3 Å². The summed E-state index contributed by atoms with van der Waals surface area (Å²) < 4.78 is 0. The Morgan fingerprint density at radius 2 is 1.82 bits per heavy atom. The fourth-order valence-electron chi connectivity index (χ4n) is 4.43. The molecule has 0 bridgehead atoms. The highest BCUT2D eigenvalue weighted by molar-refractivity contribution is 6.31. The van der Waals surface area contributed by atoms with Crippen molar-refractivity contribution in [3.8, 4) is 0 Å². The van der Waals surface area contributed by atoms with Gasteiger partial charge in [0, 0.05) is 24.2 Å². The number of piperidine rings is 1. The van der Waals surface area contributed by atoms with E-state index in [1.165, 1.54) is 32.4 Å². The highest BCUT2D eigenvalue weighted by atomic mass is 35.5. The first kappa shape index (κ1) is 20.9. The van der Waals surface area contributed by atoms with Gasteiger partial charge in [-0.2, -0.15) is 0 Å². The van der Waals surface area contributed by atoms with Crippen molar-refractivity contribution in [2.24, 2.45) is 0 Å². The van der Waals surface area contributed by atoms with E-state index in [-0.39, 0.29) is 18.0 Å². The topological polar surface area (TPSA) is 72.9 Å². The predicted octanol–water partition coefficient (Wildman–Crippen LogP) is 3.69. The molecule has 1 unspecified atom stereocenters. The molecule has 1 saturated carbocycles. The van der Waals surface area contributed by atoms with Gasteiger partial charge in [0.25, 0.3) is 6.47 Å². The molecule has 1 aromatic carbocycles. The highest BCUT2D eigenvalue weighted by Gasteiger charge is 2.48. The maximum atomic E-state index is 13.1. The van der Waals surface area contributed by atoms with Gasteiger partial charge in [-0.3, -0.25) is 4.79 Å². The Kier molecular flexibility index (Phi) is 7.18. The molecule has 6 nitrogen and oxygen atoms in total. The zero-order valence-corrected chi connectivity index (χ0v) is 17.0. The average Bonchev–Trinajstić information content (AvgIpc) is 3.27. The van der Waals surface area contributed by atoms with Crippen LogP contribution in [0, 0.1) is 0 Å².